The van der Waals surface area contributed by atoms with Gasteiger partial charge in [0.25, 0.3) is 0 Å². The predicted octanol–water partition coefficient (Wildman–Crippen LogP) is 4.45. The molecule has 0 atom stereocenters. The van der Waals surface area contributed by atoms with Gasteiger partial charge < -0.3 is 0 Å². The molecule has 19 heavy (non-hydrogen) atoms. The Kier molecular flexibility index (Phi) is 3.07. The van der Waals surface area contributed by atoms with E-state index < -0.39 is 0 Å². The SMILES string of the molecule is Cc1cc2ncn(-c3ncc(Br)cc3Cl)c2cc1C. The number of imidazole rings is 1. The zero-order chi connectivity index (χ0) is 13.6. The van der Waals surface area contributed by atoms with Crippen molar-refractivity contribution in [3.05, 3.63) is 51.3 Å². The molecule has 0 bridgehead atoms. The van der Waals surface area contributed by atoms with Gasteiger partial charge in [-0.15, -0.1) is 0 Å². The molecule has 2 aromatic heterocycles. The lowest BCUT2D eigenvalue weighted by Crippen LogP contribution is -1.97. The van der Waals surface area contributed by atoms with Crippen LogP contribution in [0.3, 0.4) is 0 Å². The lowest BCUT2D eigenvalue weighted by Gasteiger charge is -2.07. The van der Waals surface area contributed by atoms with Gasteiger partial charge in [0.1, 0.15) is 6.33 Å². The summed E-state index contributed by atoms with van der Waals surface area (Å²) in [5.74, 6) is 0.690. The van der Waals surface area contributed by atoms with Crippen LogP contribution in [-0.4, -0.2) is 14.5 Å². The van der Waals surface area contributed by atoms with Gasteiger partial charge in [-0.2, -0.15) is 0 Å². The minimum atomic E-state index is 0.590. The highest BCUT2D eigenvalue weighted by atomic mass is 79.9. The van der Waals surface area contributed by atoms with Gasteiger partial charge in [0.15, 0.2) is 5.82 Å². The first kappa shape index (κ1) is 12.6. The van der Waals surface area contributed by atoms with Gasteiger partial charge in [0, 0.05) is 10.7 Å². The van der Waals surface area contributed by atoms with E-state index in [9.17, 15) is 0 Å². The monoisotopic (exact) mass is 335 g/mol. The number of hydrogen-bond acceptors (Lipinski definition) is 2. The second kappa shape index (κ2) is 4.62. The van der Waals surface area contributed by atoms with Crippen molar-refractivity contribution >= 4 is 38.6 Å². The maximum absolute atomic E-state index is 6.25. The third-order valence-electron chi connectivity index (χ3n) is 3.18. The fraction of sp³-hybridized carbons (Fsp3) is 0.143. The molecule has 3 nitrogen and oxygen atoms in total. The number of benzene rings is 1. The number of hydrogen-bond donors (Lipinski definition) is 0. The first-order valence-electron chi connectivity index (χ1n) is 5.82. The van der Waals surface area contributed by atoms with E-state index in [0.717, 1.165) is 15.5 Å². The van der Waals surface area contributed by atoms with Gasteiger partial charge in [0.05, 0.1) is 16.1 Å². The van der Waals surface area contributed by atoms with Gasteiger partial charge in [-0.3, -0.25) is 4.57 Å². The molecule has 0 spiro atoms. The topological polar surface area (TPSA) is 30.7 Å². The molecule has 3 aromatic rings. The smallest absolute Gasteiger partial charge is 0.157 e. The largest absolute Gasteiger partial charge is 0.282 e. The van der Waals surface area contributed by atoms with Crippen molar-refractivity contribution in [2.75, 3.05) is 0 Å². The quantitative estimate of drug-likeness (QED) is 0.657. The molecule has 0 saturated heterocycles. The number of aromatic nitrogens is 3. The number of aryl methyl sites for hydroxylation is 2. The van der Waals surface area contributed by atoms with Gasteiger partial charge in [-0.25, -0.2) is 9.97 Å². The van der Waals surface area contributed by atoms with Crippen molar-refractivity contribution < 1.29 is 0 Å². The molecule has 3 rings (SSSR count). The number of pyridine rings is 1. The minimum absolute atomic E-state index is 0.590. The van der Waals surface area contributed by atoms with Crippen molar-refractivity contribution in [3.8, 4) is 5.82 Å². The Morgan fingerprint density at radius 2 is 1.84 bits per heavy atom. The number of fused-ring (bicyclic) bond motifs is 1. The molecule has 1 aromatic carbocycles. The fourth-order valence-corrected chi connectivity index (χ4v) is 2.74. The summed E-state index contributed by atoms with van der Waals surface area (Å²) in [6.45, 7) is 4.17. The lowest BCUT2D eigenvalue weighted by atomic mass is 10.1. The van der Waals surface area contributed by atoms with E-state index in [0.29, 0.717) is 10.8 Å². The van der Waals surface area contributed by atoms with Gasteiger partial charge in [-0.05, 0) is 59.1 Å². The molecule has 0 aliphatic rings. The van der Waals surface area contributed by atoms with Crippen molar-refractivity contribution in [1.82, 2.24) is 14.5 Å². The molecule has 0 saturated carbocycles. The predicted molar refractivity (Wildman–Crippen MR) is 81.0 cm³/mol. The standard InChI is InChI=1S/C14H11BrClN3/c1-8-3-12-13(4-9(8)2)19(7-18-12)14-11(16)5-10(15)6-17-14/h3-7H,1-2H3. The maximum atomic E-state index is 6.25. The van der Waals surface area contributed by atoms with E-state index in [4.69, 9.17) is 11.6 Å². The van der Waals surface area contributed by atoms with Crippen LogP contribution in [0, 0.1) is 13.8 Å². The molecule has 0 radical (unpaired) electrons. The zero-order valence-electron chi connectivity index (χ0n) is 10.5. The Hall–Kier alpha value is -1.39. The van der Waals surface area contributed by atoms with E-state index in [-0.39, 0.29) is 0 Å². The highest BCUT2D eigenvalue weighted by Gasteiger charge is 2.10. The minimum Gasteiger partial charge on any atom is -0.282 e. The average molecular weight is 337 g/mol. The van der Waals surface area contributed by atoms with E-state index in [1.165, 1.54) is 11.1 Å². The number of nitrogens with zero attached hydrogens (tertiary/aromatic N) is 3. The van der Waals surface area contributed by atoms with Crippen LogP contribution in [0.5, 0.6) is 0 Å². The Labute approximate surface area is 124 Å². The lowest BCUT2D eigenvalue weighted by molar-refractivity contribution is 1.02. The molecule has 0 aliphatic heterocycles. The molecule has 0 N–H and O–H groups in total. The molecule has 0 amide bonds. The van der Waals surface area contributed by atoms with Crippen molar-refractivity contribution in [1.29, 1.82) is 0 Å². The zero-order valence-corrected chi connectivity index (χ0v) is 12.8. The molecular formula is C14H11BrClN3. The van der Waals surface area contributed by atoms with Gasteiger partial charge >= 0.3 is 0 Å². The summed E-state index contributed by atoms with van der Waals surface area (Å²) in [6, 6.07) is 6.02. The highest BCUT2D eigenvalue weighted by molar-refractivity contribution is 9.10. The second-order valence-corrected chi connectivity index (χ2v) is 5.82. The molecule has 0 fully saturated rings. The third kappa shape index (κ3) is 2.15. The van der Waals surface area contributed by atoms with E-state index in [2.05, 4.69) is 51.9 Å². The Balaban J connectivity index is 2.28. The van der Waals surface area contributed by atoms with Crippen LogP contribution < -0.4 is 0 Å². The number of halogens is 2. The summed E-state index contributed by atoms with van der Waals surface area (Å²) in [6.07, 6.45) is 3.49. The Bertz CT molecular complexity index is 780. The van der Waals surface area contributed by atoms with Crippen molar-refractivity contribution in [3.63, 3.8) is 0 Å². The van der Waals surface area contributed by atoms with Crippen molar-refractivity contribution in [2.24, 2.45) is 0 Å². The summed E-state index contributed by atoms with van der Waals surface area (Å²) in [4.78, 5) is 8.78. The van der Waals surface area contributed by atoms with E-state index in [1.54, 1.807) is 12.5 Å². The fourth-order valence-electron chi connectivity index (χ4n) is 2.02. The van der Waals surface area contributed by atoms with Crippen LogP contribution in [0.25, 0.3) is 16.9 Å². The molecule has 5 heteroatoms. The molecule has 2 heterocycles. The number of rotatable bonds is 1. The second-order valence-electron chi connectivity index (χ2n) is 4.50. The van der Waals surface area contributed by atoms with E-state index >= 15 is 0 Å². The van der Waals surface area contributed by atoms with Crippen LogP contribution in [0.1, 0.15) is 11.1 Å². The summed E-state index contributed by atoms with van der Waals surface area (Å²) in [5.41, 5.74) is 4.42. The van der Waals surface area contributed by atoms with Gasteiger partial charge in [-0.1, -0.05) is 11.6 Å². The normalized spacial score (nSPS) is 11.2. The Morgan fingerprint density at radius 3 is 2.58 bits per heavy atom. The highest BCUT2D eigenvalue weighted by Crippen LogP contribution is 2.26. The average Bonchev–Trinajstić information content (AvgIpc) is 2.73. The van der Waals surface area contributed by atoms with E-state index in [1.807, 2.05) is 10.6 Å². The third-order valence-corrected chi connectivity index (χ3v) is 3.89. The molecule has 96 valence electrons. The summed E-state index contributed by atoms with van der Waals surface area (Å²) in [5, 5.41) is 0.590. The summed E-state index contributed by atoms with van der Waals surface area (Å²) < 4.78 is 2.77. The van der Waals surface area contributed by atoms with Crippen LogP contribution in [0.4, 0.5) is 0 Å². The molecular weight excluding hydrogens is 326 g/mol. The summed E-state index contributed by atoms with van der Waals surface area (Å²) in [7, 11) is 0. The first-order chi connectivity index (χ1) is 9.06. The summed E-state index contributed by atoms with van der Waals surface area (Å²) >= 11 is 9.61. The maximum Gasteiger partial charge on any atom is 0.157 e. The van der Waals surface area contributed by atoms with Gasteiger partial charge in [0.2, 0.25) is 0 Å². The molecule has 0 unspecified atom stereocenters. The molecule has 0 aliphatic carbocycles. The first-order valence-corrected chi connectivity index (χ1v) is 6.99. The van der Waals surface area contributed by atoms with Crippen LogP contribution in [0.2, 0.25) is 5.02 Å². The van der Waals surface area contributed by atoms with Crippen molar-refractivity contribution in [2.45, 2.75) is 13.8 Å². The van der Waals surface area contributed by atoms with Crippen LogP contribution >= 0.6 is 27.5 Å². The van der Waals surface area contributed by atoms with Crippen LogP contribution in [-0.2, 0) is 0 Å². The Morgan fingerprint density at radius 1 is 1.11 bits per heavy atom. The van der Waals surface area contributed by atoms with Crippen LogP contribution in [0.15, 0.2) is 35.2 Å².